The number of thiazole rings is 1. The van der Waals surface area contributed by atoms with E-state index in [0.29, 0.717) is 23.2 Å². The Morgan fingerprint density at radius 2 is 1.84 bits per heavy atom. The molecule has 0 saturated carbocycles. The third-order valence-corrected chi connectivity index (χ3v) is 5.72. The summed E-state index contributed by atoms with van der Waals surface area (Å²) in [6.45, 7) is 0. The summed E-state index contributed by atoms with van der Waals surface area (Å²) >= 11 is 7.49. The topological polar surface area (TPSA) is 85.3 Å². The molecule has 2 aromatic carbocycles. The summed E-state index contributed by atoms with van der Waals surface area (Å²) in [5.41, 5.74) is 3.43. The van der Waals surface area contributed by atoms with Gasteiger partial charge in [0.1, 0.15) is 0 Å². The van der Waals surface area contributed by atoms with Gasteiger partial charge in [-0.1, -0.05) is 28.9 Å². The van der Waals surface area contributed by atoms with Gasteiger partial charge in [-0.2, -0.15) is 4.98 Å². The number of carbonyl (C=O) groups is 1. The van der Waals surface area contributed by atoms with Crippen molar-refractivity contribution in [2.24, 2.45) is 0 Å². The van der Waals surface area contributed by atoms with Gasteiger partial charge in [0.15, 0.2) is 4.96 Å². The number of halogens is 1. The Labute approximate surface area is 186 Å². The summed E-state index contributed by atoms with van der Waals surface area (Å²) in [6, 6.07) is 14.8. The van der Waals surface area contributed by atoms with E-state index in [1.165, 1.54) is 0 Å². The molecule has 0 spiro atoms. The van der Waals surface area contributed by atoms with E-state index in [-0.39, 0.29) is 12.3 Å². The lowest BCUT2D eigenvalue weighted by Crippen LogP contribution is -2.12. The second-order valence-electron chi connectivity index (χ2n) is 6.86. The van der Waals surface area contributed by atoms with Crippen molar-refractivity contribution in [2.75, 3.05) is 5.32 Å². The Hall–Kier alpha value is -3.49. The lowest BCUT2D eigenvalue weighted by molar-refractivity contribution is -0.116. The van der Waals surface area contributed by atoms with Gasteiger partial charge in [0.2, 0.25) is 17.6 Å². The number of benzene rings is 2. The first kappa shape index (κ1) is 19.5. The minimum atomic E-state index is -0.124. The van der Waals surface area contributed by atoms with Crippen molar-refractivity contribution < 1.29 is 9.32 Å². The van der Waals surface area contributed by atoms with E-state index >= 15 is 0 Å². The summed E-state index contributed by atoms with van der Waals surface area (Å²) in [7, 11) is 0. The number of aromatic nitrogens is 4. The zero-order valence-electron chi connectivity index (χ0n) is 16.2. The van der Waals surface area contributed by atoms with E-state index in [9.17, 15) is 4.79 Å². The molecule has 9 heteroatoms. The lowest BCUT2D eigenvalue weighted by atomic mass is 10.1. The average Bonchev–Trinajstić information content (AvgIpc) is 3.50. The molecule has 0 atom stereocenters. The van der Waals surface area contributed by atoms with E-state index in [0.717, 1.165) is 27.5 Å². The van der Waals surface area contributed by atoms with Crippen LogP contribution in [0.4, 0.5) is 5.69 Å². The molecular formula is C22H16ClN5O2S. The molecule has 3 heterocycles. The van der Waals surface area contributed by atoms with Crippen molar-refractivity contribution in [3.8, 4) is 22.6 Å². The molecule has 7 nitrogen and oxygen atoms in total. The Balaban J connectivity index is 1.17. The normalized spacial score (nSPS) is 11.1. The van der Waals surface area contributed by atoms with Gasteiger partial charge >= 0.3 is 0 Å². The molecule has 0 fully saturated rings. The van der Waals surface area contributed by atoms with Crippen LogP contribution in [-0.2, 0) is 11.2 Å². The Bertz CT molecular complexity index is 1310. The van der Waals surface area contributed by atoms with Gasteiger partial charge < -0.3 is 9.84 Å². The highest BCUT2D eigenvalue weighted by Gasteiger charge is 2.11. The van der Waals surface area contributed by atoms with Crippen LogP contribution in [0.3, 0.4) is 0 Å². The highest BCUT2D eigenvalue weighted by Crippen LogP contribution is 2.23. The molecule has 0 radical (unpaired) electrons. The molecule has 0 aliphatic rings. The second-order valence-corrected chi connectivity index (χ2v) is 8.17. The van der Waals surface area contributed by atoms with E-state index in [1.807, 2.05) is 58.6 Å². The molecule has 0 aliphatic heterocycles. The van der Waals surface area contributed by atoms with Gasteiger partial charge in [0.25, 0.3) is 0 Å². The monoisotopic (exact) mass is 449 g/mol. The van der Waals surface area contributed by atoms with Crippen LogP contribution in [0.1, 0.15) is 12.3 Å². The van der Waals surface area contributed by atoms with Gasteiger partial charge in [-0.15, -0.1) is 11.3 Å². The molecule has 0 unspecified atom stereocenters. The summed E-state index contributed by atoms with van der Waals surface area (Å²) < 4.78 is 7.24. The number of hydrogen-bond acceptors (Lipinski definition) is 6. The predicted octanol–water partition coefficient (Wildman–Crippen LogP) is 5.34. The molecule has 0 saturated heterocycles. The summed E-state index contributed by atoms with van der Waals surface area (Å²) in [6.07, 6.45) is 4.56. The molecule has 0 aliphatic carbocycles. The van der Waals surface area contributed by atoms with Crippen LogP contribution in [0.25, 0.3) is 27.6 Å². The van der Waals surface area contributed by atoms with Crippen LogP contribution in [-0.4, -0.2) is 25.4 Å². The number of imidazole rings is 1. The van der Waals surface area contributed by atoms with Gasteiger partial charge in [-0.3, -0.25) is 9.20 Å². The molecule has 1 N–H and O–H groups in total. The average molecular weight is 450 g/mol. The first-order valence-electron chi connectivity index (χ1n) is 9.55. The van der Waals surface area contributed by atoms with Gasteiger partial charge in [-0.05, 0) is 36.4 Å². The molecule has 31 heavy (non-hydrogen) atoms. The number of fused-ring (bicyclic) bond motifs is 1. The van der Waals surface area contributed by atoms with E-state index in [1.54, 1.807) is 23.5 Å². The lowest BCUT2D eigenvalue weighted by Gasteiger charge is -2.05. The van der Waals surface area contributed by atoms with Gasteiger partial charge in [0, 0.05) is 52.5 Å². The molecular weight excluding hydrogens is 434 g/mol. The number of rotatable bonds is 6. The number of anilines is 1. The predicted molar refractivity (Wildman–Crippen MR) is 120 cm³/mol. The van der Waals surface area contributed by atoms with E-state index in [2.05, 4.69) is 20.4 Å². The van der Waals surface area contributed by atoms with Crippen LogP contribution in [0.5, 0.6) is 0 Å². The third kappa shape index (κ3) is 4.35. The SMILES string of the molecule is O=C(CCc1nc(-c2ccc(Cl)cc2)no1)Nc1ccc(-c2cn3ccsc3n2)cc1. The first-order valence-corrected chi connectivity index (χ1v) is 10.8. The van der Waals surface area contributed by atoms with Crippen molar-refractivity contribution in [3.05, 3.63) is 77.2 Å². The molecule has 154 valence electrons. The smallest absolute Gasteiger partial charge is 0.227 e. The minimum Gasteiger partial charge on any atom is -0.339 e. The highest BCUT2D eigenvalue weighted by atomic mass is 35.5. The highest BCUT2D eigenvalue weighted by molar-refractivity contribution is 7.15. The summed E-state index contributed by atoms with van der Waals surface area (Å²) in [5.74, 6) is 0.763. The van der Waals surface area contributed by atoms with Crippen LogP contribution < -0.4 is 5.32 Å². The largest absolute Gasteiger partial charge is 0.339 e. The fourth-order valence-corrected chi connectivity index (χ4v) is 3.93. The Kier molecular flexibility index (Phi) is 5.23. The molecule has 5 rings (SSSR count). The van der Waals surface area contributed by atoms with E-state index in [4.69, 9.17) is 16.1 Å². The van der Waals surface area contributed by atoms with Crippen LogP contribution in [0, 0.1) is 0 Å². The van der Waals surface area contributed by atoms with Crippen LogP contribution in [0.15, 0.2) is 70.8 Å². The summed E-state index contributed by atoms with van der Waals surface area (Å²) in [4.78, 5) is 22.2. The molecule has 0 bridgehead atoms. The molecule has 1 amide bonds. The molecule has 5 aromatic rings. The molecule has 3 aromatic heterocycles. The maximum atomic E-state index is 12.3. The van der Waals surface area contributed by atoms with Crippen LogP contribution >= 0.6 is 22.9 Å². The number of hydrogen-bond donors (Lipinski definition) is 1. The van der Waals surface area contributed by atoms with Crippen molar-refractivity contribution in [1.29, 1.82) is 0 Å². The third-order valence-electron chi connectivity index (χ3n) is 4.69. The van der Waals surface area contributed by atoms with Gasteiger partial charge in [0.05, 0.1) is 5.69 Å². The van der Waals surface area contributed by atoms with Crippen molar-refractivity contribution in [1.82, 2.24) is 19.5 Å². The Morgan fingerprint density at radius 3 is 2.61 bits per heavy atom. The van der Waals surface area contributed by atoms with Crippen molar-refractivity contribution in [3.63, 3.8) is 0 Å². The van der Waals surface area contributed by atoms with Crippen molar-refractivity contribution in [2.45, 2.75) is 12.8 Å². The quantitative estimate of drug-likeness (QED) is 0.378. The van der Waals surface area contributed by atoms with Crippen LogP contribution in [0.2, 0.25) is 5.02 Å². The maximum Gasteiger partial charge on any atom is 0.227 e. The number of carbonyl (C=O) groups excluding carboxylic acids is 1. The van der Waals surface area contributed by atoms with Crippen molar-refractivity contribution >= 4 is 39.5 Å². The second kappa shape index (κ2) is 8.33. The number of amides is 1. The standard InChI is InChI=1S/C22H16ClN5O2S/c23-16-5-1-15(2-6-16)21-26-20(30-27-21)10-9-19(29)24-17-7-3-14(4-8-17)18-13-28-11-12-31-22(28)25-18/h1-8,11-13H,9-10H2,(H,24,29). The fraction of sp³-hybridized carbons (Fsp3) is 0.0909. The minimum absolute atomic E-state index is 0.124. The summed E-state index contributed by atoms with van der Waals surface area (Å²) in [5, 5.41) is 9.49. The number of nitrogens with zero attached hydrogens (tertiary/aromatic N) is 4. The maximum absolute atomic E-state index is 12.3. The number of aryl methyl sites for hydroxylation is 1. The first-order chi connectivity index (χ1) is 15.1. The van der Waals surface area contributed by atoms with E-state index < -0.39 is 0 Å². The zero-order chi connectivity index (χ0) is 21.2. The fourth-order valence-electron chi connectivity index (χ4n) is 3.11. The number of nitrogens with one attached hydrogen (secondary N) is 1. The Morgan fingerprint density at radius 1 is 1.06 bits per heavy atom. The zero-order valence-corrected chi connectivity index (χ0v) is 17.7. The van der Waals surface area contributed by atoms with Gasteiger partial charge in [-0.25, -0.2) is 4.98 Å².